The van der Waals surface area contributed by atoms with E-state index in [0.717, 1.165) is 38.3 Å². The van der Waals surface area contributed by atoms with Gasteiger partial charge in [-0.05, 0) is 46.3 Å². The molecule has 1 saturated heterocycles. The molecule has 1 aliphatic heterocycles. The van der Waals surface area contributed by atoms with Crippen LogP contribution in [-0.2, 0) is 9.59 Å². The molecular formula is C23H39ClN6O2S. The normalized spacial score (nSPS) is 17.4. The van der Waals surface area contributed by atoms with Crippen molar-refractivity contribution in [3.63, 3.8) is 0 Å². The van der Waals surface area contributed by atoms with Crippen molar-refractivity contribution < 1.29 is 9.59 Å². The summed E-state index contributed by atoms with van der Waals surface area (Å²) in [6.45, 7) is 15.5. The number of amides is 2. The smallest absolute Gasteiger partial charge is 0.230 e. The summed E-state index contributed by atoms with van der Waals surface area (Å²) in [5.41, 5.74) is 0. The van der Waals surface area contributed by atoms with Crippen LogP contribution in [0.5, 0.6) is 0 Å². The number of hydrogen-bond donors (Lipinski definition) is 1. The maximum absolute atomic E-state index is 12.4. The number of hydrogen-bond acceptors (Lipinski definition) is 7. The van der Waals surface area contributed by atoms with Gasteiger partial charge >= 0.3 is 0 Å². The van der Waals surface area contributed by atoms with E-state index in [4.69, 9.17) is 11.6 Å². The molecule has 0 saturated carbocycles. The molecule has 8 nitrogen and oxygen atoms in total. The molecule has 186 valence electrons. The number of aromatic nitrogens is 2. The number of carbonyl (C=O) groups is 2. The number of anilines is 1. The Balaban J connectivity index is 1.85. The van der Waals surface area contributed by atoms with Gasteiger partial charge in [0.1, 0.15) is 11.0 Å². The second-order valence-corrected chi connectivity index (χ2v) is 9.82. The molecule has 1 aliphatic rings. The van der Waals surface area contributed by atoms with E-state index in [0.29, 0.717) is 36.4 Å². The van der Waals surface area contributed by atoms with Crippen LogP contribution in [0, 0.1) is 0 Å². The molecular weight excluding hydrogens is 460 g/mol. The van der Waals surface area contributed by atoms with E-state index in [2.05, 4.69) is 38.9 Å². The minimum Gasteiger partial charge on any atom is -0.353 e. The molecule has 0 radical (unpaired) electrons. The predicted molar refractivity (Wildman–Crippen MR) is 136 cm³/mol. The molecule has 1 N–H and O–H groups in total. The van der Waals surface area contributed by atoms with Gasteiger partial charge in [0.25, 0.3) is 0 Å². The van der Waals surface area contributed by atoms with Crippen molar-refractivity contribution in [1.29, 1.82) is 0 Å². The Morgan fingerprint density at radius 3 is 2.64 bits per heavy atom. The van der Waals surface area contributed by atoms with Crippen LogP contribution in [-0.4, -0.2) is 88.7 Å². The Hall–Kier alpha value is -1.58. The first-order chi connectivity index (χ1) is 15.8. The van der Waals surface area contributed by atoms with Crippen LogP contribution in [0.3, 0.4) is 0 Å². The van der Waals surface area contributed by atoms with E-state index >= 15 is 0 Å². The molecule has 0 aromatic carbocycles. The minimum atomic E-state index is -0.0271. The van der Waals surface area contributed by atoms with Crippen molar-refractivity contribution in [1.82, 2.24) is 25.1 Å². The molecule has 1 aromatic rings. The van der Waals surface area contributed by atoms with Gasteiger partial charge in [-0.2, -0.15) is 0 Å². The average Bonchev–Trinajstić information content (AvgIpc) is 2.79. The van der Waals surface area contributed by atoms with E-state index < -0.39 is 0 Å². The number of halogens is 1. The van der Waals surface area contributed by atoms with E-state index in [-0.39, 0.29) is 29.7 Å². The fourth-order valence-corrected chi connectivity index (χ4v) is 4.92. The lowest BCUT2D eigenvalue weighted by atomic mass is 10.1. The van der Waals surface area contributed by atoms with Gasteiger partial charge in [0.15, 0.2) is 5.16 Å². The van der Waals surface area contributed by atoms with E-state index in [1.165, 1.54) is 11.8 Å². The SMILES string of the molecule is CCC(=O)N1CCN(c2cc(Cl)nc(SCC(=O)NC(C)CCCN(CC)CC)n2)CC1C. The van der Waals surface area contributed by atoms with Crippen LogP contribution < -0.4 is 10.2 Å². The number of piperazine rings is 1. The molecule has 2 rings (SSSR count). The molecule has 2 unspecified atom stereocenters. The summed E-state index contributed by atoms with van der Waals surface area (Å²) < 4.78 is 0. The summed E-state index contributed by atoms with van der Waals surface area (Å²) >= 11 is 7.54. The zero-order valence-electron chi connectivity index (χ0n) is 20.6. The highest BCUT2D eigenvalue weighted by molar-refractivity contribution is 7.99. The fourth-order valence-electron chi connectivity index (χ4n) is 4.03. The second kappa shape index (κ2) is 14.0. The highest BCUT2D eigenvalue weighted by Crippen LogP contribution is 2.24. The van der Waals surface area contributed by atoms with Crippen molar-refractivity contribution in [3.8, 4) is 0 Å². The Morgan fingerprint density at radius 2 is 2.00 bits per heavy atom. The van der Waals surface area contributed by atoms with Gasteiger partial charge in [-0.3, -0.25) is 9.59 Å². The second-order valence-electron chi connectivity index (χ2n) is 8.49. The topological polar surface area (TPSA) is 81.7 Å². The molecule has 1 aromatic heterocycles. The van der Waals surface area contributed by atoms with E-state index in [1.54, 1.807) is 6.07 Å². The van der Waals surface area contributed by atoms with Crippen LogP contribution >= 0.6 is 23.4 Å². The van der Waals surface area contributed by atoms with Gasteiger partial charge < -0.3 is 20.0 Å². The number of nitrogens with zero attached hydrogens (tertiary/aromatic N) is 5. The molecule has 33 heavy (non-hydrogen) atoms. The van der Waals surface area contributed by atoms with E-state index in [9.17, 15) is 9.59 Å². The van der Waals surface area contributed by atoms with Crippen LogP contribution in [0.1, 0.15) is 53.9 Å². The third kappa shape index (κ3) is 8.94. The van der Waals surface area contributed by atoms with Gasteiger partial charge in [0.2, 0.25) is 11.8 Å². The number of nitrogens with one attached hydrogen (secondary N) is 1. The third-order valence-electron chi connectivity index (χ3n) is 5.98. The van der Waals surface area contributed by atoms with Crippen LogP contribution in [0.2, 0.25) is 5.15 Å². The van der Waals surface area contributed by atoms with Crippen LogP contribution in [0.4, 0.5) is 5.82 Å². The minimum absolute atomic E-state index is 0.0271. The highest BCUT2D eigenvalue weighted by atomic mass is 35.5. The van der Waals surface area contributed by atoms with Crippen molar-refractivity contribution >= 4 is 41.0 Å². The first kappa shape index (κ1) is 27.7. The zero-order chi connectivity index (χ0) is 24.4. The first-order valence-corrected chi connectivity index (χ1v) is 13.4. The van der Waals surface area contributed by atoms with Gasteiger partial charge in [-0.15, -0.1) is 0 Å². The lowest BCUT2D eigenvalue weighted by molar-refractivity contribution is -0.133. The molecule has 0 bridgehead atoms. The summed E-state index contributed by atoms with van der Waals surface area (Å²) in [6.07, 6.45) is 2.53. The molecule has 0 aliphatic carbocycles. The van der Waals surface area contributed by atoms with Crippen molar-refractivity contribution in [3.05, 3.63) is 11.2 Å². The first-order valence-electron chi connectivity index (χ1n) is 12.0. The Bertz CT molecular complexity index is 779. The van der Waals surface area contributed by atoms with Crippen molar-refractivity contribution in [2.45, 2.75) is 71.1 Å². The molecule has 2 atom stereocenters. The maximum Gasteiger partial charge on any atom is 0.230 e. The molecule has 2 amide bonds. The fraction of sp³-hybridized carbons (Fsp3) is 0.739. The standard InChI is InChI=1S/C23H39ClN6O2S/c1-6-22(32)30-13-12-29(15-18(30)5)20-14-19(24)26-23(27-20)33-16-21(31)25-17(4)10-9-11-28(7-2)8-3/h14,17-18H,6-13,15-16H2,1-5H3,(H,25,31). The molecule has 10 heteroatoms. The van der Waals surface area contributed by atoms with Crippen molar-refractivity contribution in [2.75, 3.05) is 49.9 Å². The summed E-state index contributed by atoms with van der Waals surface area (Å²) in [6, 6.07) is 1.98. The zero-order valence-corrected chi connectivity index (χ0v) is 22.2. The average molecular weight is 499 g/mol. The summed E-state index contributed by atoms with van der Waals surface area (Å²) in [5, 5.41) is 3.91. The molecule has 2 heterocycles. The monoisotopic (exact) mass is 498 g/mol. The summed E-state index contributed by atoms with van der Waals surface area (Å²) in [4.78, 5) is 39.8. The van der Waals surface area contributed by atoms with Gasteiger partial charge in [0.05, 0.1) is 5.75 Å². The largest absolute Gasteiger partial charge is 0.353 e. The molecule has 1 fully saturated rings. The Kier molecular flexibility index (Phi) is 11.7. The van der Waals surface area contributed by atoms with Gasteiger partial charge in [-0.25, -0.2) is 9.97 Å². The lowest BCUT2D eigenvalue weighted by Gasteiger charge is -2.40. The van der Waals surface area contributed by atoms with E-state index in [1.807, 2.05) is 25.7 Å². The predicted octanol–water partition coefficient (Wildman–Crippen LogP) is 3.30. The maximum atomic E-state index is 12.4. The third-order valence-corrected chi connectivity index (χ3v) is 7.02. The summed E-state index contributed by atoms with van der Waals surface area (Å²) in [7, 11) is 0. The number of thioether (sulfide) groups is 1. The Morgan fingerprint density at radius 1 is 1.27 bits per heavy atom. The highest BCUT2D eigenvalue weighted by Gasteiger charge is 2.27. The van der Waals surface area contributed by atoms with Gasteiger partial charge in [-0.1, -0.05) is 44.1 Å². The quantitative estimate of drug-likeness (QED) is 0.269. The van der Waals surface area contributed by atoms with Crippen LogP contribution in [0.25, 0.3) is 0 Å². The number of carbonyl (C=O) groups excluding carboxylic acids is 2. The summed E-state index contributed by atoms with van der Waals surface area (Å²) in [5.74, 6) is 1.13. The lowest BCUT2D eigenvalue weighted by Crippen LogP contribution is -2.54. The van der Waals surface area contributed by atoms with Gasteiger partial charge in [0, 0.05) is 44.2 Å². The number of rotatable bonds is 12. The molecule has 0 spiro atoms. The van der Waals surface area contributed by atoms with Crippen LogP contribution in [0.15, 0.2) is 11.2 Å². The Labute approximate surface area is 207 Å². The van der Waals surface area contributed by atoms with Crippen molar-refractivity contribution in [2.24, 2.45) is 0 Å².